The highest BCUT2D eigenvalue weighted by Crippen LogP contribution is 2.29. The van der Waals surface area contributed by atoms with Crippen LogP contribution in [0.2, 0.25) is 5.02 Å². The van der Waals surface area contributed by atoms with E-state index < -0.39 is 10.0 Å². The fourth-order valence-corrected chi connectivity index (χ4v) is 5.20. The predicted molar refractivity (Wildman–Crippen MR) is 114 cm³/mol. The Morgan fingerprint density at radius 3 is 2.52 bits per heavy atom. The number of nitrogens with zero attached hydrogens (tertiary/aromatic N) is 1. The molecule has 2 aromatic rings. The number of piperidine rings is 1. The van der Waals surface area contributed by atoms with Gasteiger partial charge in [-0.05, 0) is 49.6 Å². The topological polar surface area (TPSA) is 75.7 Å². The van der Waals surface area contributed by atoms with E-state index in [1.807, 2.05) is 30.3 Å². The summed E-state index contributed by atoms with van der Waals surface area (Å²) in [5, 5.41) is 2.90. The molecule has 1 amide bonds. The molecule has 0 saturated carbocycles. The number of rotatable bonds is 8. The van der Waals surface area contributed by atoms with E-state index in [0.717, 1.165) is 25.0 Å². The van der Waals surface area contributed by atoms with Crippen LogP contribution in [0.25, 0.3) is 0 Å². The van der Waals surface area contributed by atoms with E-state index in [1.54, 1.807) is 6.07 Å². The summed E-state index contributed by atoms with van der Waals surface area (Å²) in [6.07, 6.45) is 3.54. The van der Waals surface area contributed by atoms with Crippen molar-refractivity contribution in [3.63, 3.8) is 0 Å². The van der Waals surface area contributed by atoms with E-state index in [1.165, 1.54) is 16.4 Å². The van der Waals surface area contributed by atoms with Crippen LogP contribution in [0.1, 0.15) is 32.1 Å². The number of carbonyl (C=O) groups is 1. The smallest absolute Gasteiger partial charge is 0.244 e. The van der Waals surface area contributed by atoms with E-state index in [4.69, 9.17) is 16.3 Å². The molecule has 1 aliphatic heterocycles. The van der Waals surface area contributed by atoms with Gasteiger partial charge < -0.3 is 10.1 Å². The van der Waals surface area contributed by atoms with Crippen LogP contribution in [0, 0.1) is 0 Å². The Labute approximate surface area is 176 Å². The van der Waals surface area contributed by atoms with Crippen LogP contribution in [0.5, 0.6) is 5.75 Å². The molecule has 6 nitrogen and oxygen atoms in total. The molecule has 0 atom stereocenters. The van der Waals surface area contributed by atoms with Crippen molar-refractivity contribution in [1.82, 2.24) is 4.31 Å². The average molecular weight is 437 g/mol. The maximum absolute atomic E-state index is 12.9. The molecule has 0 spiro atoms. The van der Waals surface area contributed by atoms with Crippen LogP contribution < -0.4 is 10.1 Å². The lowest BCUT2D eigenvalue weighted by Crippen LogP contribution is -2.35. The molecule has 0 bridgehead atoms. The second kappa shape index (κ2) is 10.1. The zero-order valence-corrected chi connectivity index (χ0v) is 17.7. The second-order valence-electron chi connectivity index (χ2n) is 6.92. The lowest BCUT2D eigenvalue weighted by molar-refractivity contribution is -0.116. The number of sulfonamides is 1. The first kappa shape index (κ1) is 21.6. The molecule has 0 aromatic heterocycles. The molecule has 1 fully saturated rings. The maximum atomic E-state index is 12.9. The zero-order chi connectivity index (χ0) is 20.7. The summed E-state index contributed by atoms with van der Waals surface area (Å²) in [6, 6.07) is 14.0. The standard InChI is InChI=1S/C21H25ClN2O4S/c22-19-12-11-17(16-20(19)29(26,27)24-13-5-2-6-14-24)23-21(25)10-7-15-28-18-8-3-1-4-9-18/h1,3-4,8-9,11-12,16H,2,5-7,10,13-15H2,(H,23,25). The highest BCUT2D eigenvalue weighted by Gasteiger charge is 2.28. The van der Waals surface area contributed by atoms with Gasteiger partial charge >= 0.3 is 0 Å². The molecule has 0 unspecified atom stereocenters. The second-order valence-corrected chi connectivity index (χ2v) is 9.24. The first-order valence-electron chi connectivity index (χ1n) is 9.74. The maximum Gasteiger partial charge on any atom is 0.244 e. The summed E-state index contributed by atoms with van der Waals surface area (Å²) < 4.78 is 32.8. The van der Waals surface area contributed by atoms with Gasteiger partial charge in [0.2, 0.25) is 15.9 Å². The van der Waals surface area contributed by atoms with Gasteiger partial charge in [0, 0.05) is 25.2 Å². The number of ether oxygens (including phenoxy) is 1. The van der Waals surface area contributed by atoms with E-state index in [0.29, 0.717) is 31.8 Å². The normalized spacial score (nSPS) is 15.1. The van der Waals surface area contributed by atoms with Gasteiger partial charge in [-0.1, -0.05) is 36.2 Å². The van der Waals surface area contributed by atoms with Crippen molar-refractivity contribution in [1.29, 1.82) is 0 Å². The van der Waals surface area contributed by atoms with Gasteiger partial charge in [0.1, 0.15) is 10.6 Å². The minimum atomic E-state index is -3.67. The molecule has 2 aromatic carbocycles. The van der Waals surface area contributed by atoms with Crippen LogP contribution in [0.4, 0.5) is 5.69 Å². The first-order valence-corrected chi connectivity index (χ1v) is 11.6. The van der Waals surface area contributed by atoms with E-state index in [-0.39, 0.29) is 22.2 Å². The third-order valence-electron chi connectivity index (χ3n) is 4.71. The van der Waals surface area contributed by atoms with Gasteiger partial charge in [-0.3, -0.25) is 4.79 Å². The van der Waals surface area contributed by atoms with Crippen molar-refractivity contribution >= 4 is 33.2 Å². The zero-order valence-electron chi connectivity index (χ0n) is 16.1. The number of hydrogen-bond donors (Lipinski definition) is 1. The van der Waals surface area contributed by atoms with Crippen LogP contribution in [-0.4, -0.2) is 38.3 Å². The Bertz CT molecular complexity index is 929. The molecule has 1 aliphatic rings. The van der Waals surface area contributed by atoms with E-state index >= 15 is 0 Å². The fraction of sp³-hybridized carbons (Fsp3) is 0.381. The minimum Gasteiger partial charge on any atom is -0.494 e. The quantitative estimate of drug-likeness (QED) is 0.625. The molecule has 0 aliphatic carbocycles. The largest absolute Gasteiger partial charge is 0.494 e. The van der Waals surface area contributed by atoms with Crippen LogP contribution in [0.3, 0.4) is 0 Å². The summed E-state index contributed by atoms with van der Waals surface area (Å²) >= 11 is 6.16. The van der Waals surface area contributed by atoms with Crippen molar-refractivity contribution < 1.29 is 17.9 Å². The Kier molecular flexibility index (Phi) is 7.52. The number of benzene rings is 2. The summed E-state index contributed by atoms with van der Waals surface area (Å²) in [7, 11) is -3.67. The Morgan fingerprint density at radius 1 is 1.07 bits per heavy atom. The molecule has 156 valence electrons. The number of para-hydroxylation sites is 1. The van der Waals surface area contributed by atoms with Crippen molar-refractivity contribution in [3.05, 3.63) is 53.6 Å². The molecule has 1 heterocycles. The van der Waals surface area contributed by atoms with Gasteiger partial charge in [-0.25, -0.2) is 8.42 Å². The van der Waals surface area contributed by atoms with Crippen molar-refractivity contribution in [2.24, 2.45) is 0 Å². The lowest BCUT2D eigenvalue weighted by Gasteiger charge is -2.26. The monoisotopic (exact) mass is 436 g/mol. The predicted octanol–water partition coefficient (Wildman–Crippen LogP) is 4.31. The SMILES string of the molecule is O=C(CCCOc1ccccc1)Nc1ccc(Cl)c(S(=O)(=O)N2CCCCC2)c1. The average Bonchev–Trinajstić information content (AvgIpc) is 2.74. The van der Waals surface area contributed by atoms with E-state index in [9.17, 15) is 13.2 Å². The van der Waals surface area contributed by atoms with Gasteiger partial charge in [0.25, 0.3) is 0 Å². The molecule has 1 N–H and O–H groups in total. The van der Waals surface area contributed by atoms with Gasteiger partial charge in [0.15, 0.2) is 0 Å². The van der Waals surface area contributed by atoms with E-state index in [2.05, 4.69) is 5.32 Å². The Morgan fingerprint density at radius 2 is 1.79 bits per heavy atom. The molecule has 8 heteroatoms. The van der Waals surface area contributed by atoms with Gasteiger partial charge in [-0.15, -0.1) is 0 Å². The van der Waals surface area contributed by atoms with Crippen LogP contribution >= 0.6 is 11.6 Å². The van der Waals surface area contributed by atoms with Crippen molar-refractivity contribution in [2.45, 2.75) is 37.0 Å². The molecule has 3 rings (SSSR count). The highest BCUT2D eigenvalue weighted by molar-refractivity contribution is 7.89. The minimum absolute atomic E-state index is 0.0336. The Balaban J connectivity index is 1.57. The molecule has 1 saturated heterocycles. The van der Waals surface area contributed by atoms with Gasteiger partial charge in [0.05, 0.1) is 11.6 Å². The number of halogens is 1. The number of amides is 1. The van der Waals surface area contributed by atoms with Crippen LogP contribution in [-0.2, 0) is 14.8 Å². The molecule has 29 heavy (non-hydrogen) atoms. The summed E-state index contributed by atoms with van der Waals surface area (Å²) in [4.78, 5) is 12.2. The highest BCUT2D eigenvalue weighted by atomic mass is 35.5. The van der Waals surface area contributed by atoms with Crippen LogP contribution in [0.15, 0.2) is 53.4 Å². The Hall–Kier alpha value is -2.09. The molecular weight excluding hydrogens is 412 g/mol. The fourth-order valence-electron chi connectivity index (χ4n) is 3.19. The van der Waals surface area contributed by atoms with Gasteiger partial charge in [-0.2, -0.15) is 4.31 Å². The first-order chi connectivity index (χ1) is 14.0. The third-order valence-corrected chi connectivity index (χ3v) is 7.09. The number of anilines is 1. The molecule has 0 radical (unpaired) electrons. The summed E-state index contributed by atoms with van der Waals surface area (Å²) in [5.74, 6) is 0.559. The number of hydrogen-bond acceptors (Lipinski definition) is 4. The number of carbonyl (C=O) groups excluding carboxylic acids is 1. The lowest BCUT2D eigenvalue weighted by atomic mass is 10.2. The number of nitrogens with one attached hydrogen (secondary N) is 1. The van der Waals surface area contributed by atoms with Crippen molar-refractivity contribution in [3.8, 4) is 5.75 Å². The molecular formula is C21H25ClN2O4S. The third kappa shape index (κ3) is 5.95. The summed E-state index contributed by atoms with van der Waals surface area (Å²) in [6.45, 7) is 1.42. The summed E-state index contributed by atoms with van der Waals surface area (Å²) in [5.41, 5.74) is 0.416. The van der Waals surface area contributed by atoms with Crippen molar-refractivity contribution in [2.75, 3.05) is 25.0 Å².